The van der Waals surface area contributed by atoms with E-state index in [1.165, 1.54) is 0 Å². The zero-order valence-corrected chi connectivity index (χ0v) is 13.7. The maximum atomic E-state index is 12.0. The van der Waals surface area contributed by atoms with E-state index in [1.807, 2.05) is 24.3 Å². The Bertz CT molecular complexity index is 761. The zero-order chi connectivity index (χ0) is 17.1. The number of hydrogen-bond acceptors (Lipinski definition) is 3. The second-order valence-corrected chi connectivity index (χ2v) is 6.09. The number of carbonyl (C=O) groups is 2. The summed E-state index contributed by atoms with van der Waals surface area (Å²) >= 11 is 6.10. The lowest BCUT2D eigenvalue weighted by molar-refractivity contribution is -0.123. The summed E-state index contributed by atoms with van der Waals surface area (Å²) in [5.74, 6) is -0.278. The minimum Gasteiger partial charge on any atom is -0.489 e. The third kappa shape index (κ3) is 3.51. The molecule has 124 valence electrons. The molecule has 1 fully saturated rings. The molecule has 2 amide bonds. The molecular formula is C18H17ClN2O3. The molecule has 5 nitrogen and oxygen atoms in total. The minimum atomic E-state index is -0.439. The van der Waals surface area contributed by atoms with Crippen molar-refractivity contribution < 1.29 is 14.3 Å². The van der Waals surface area contributed by atoms with Crippen molar-refractivity contribution in [3.63, 3.8) is 0 Å². The summed E-state index contributed by atoms with van der Waals surface area (Å²) in [6.07, 6.45) is 0.167. The molecule has 0 aromatic heterocycles. The number of anilines is 1. The summed E-state index contributed by atoms with van der Waals surface area (Å²) in [4.78, 5) is 24.8. The summed E-state index contributed by atoms with van der Waals surface area (Å²) in [7, 11) is 0. The summed E-state index contributed by atoms with van der Waals surface area (Å²) < 4.78 is 5.71. The van der Waals surface area contributed by atoms with Crippen LogP contribution in [0.3, 0.4) is 0 Å². The van der Waals surface area contributed by atoms with Crippen molar-refractivity contribution in [1.82, 2.24) is 0 Å². The third-order valence-electron chi connectivity index (χ3n) is 4.03. The second kappa shape index (κ2) is 6.93. The average Bonchev–Trinajstić information content (AvgIpc) is 2.97. The molecule has 2 aromatic rings. The number of primary amides is 1. The van der Waals surface area contributed by atoms with Gasteiger partial charge in [0.25, 0.3) is 0 Å². The van der Waals surface area contributed by atoms with Crippen molar-refractivity contribution in [3.8, 4) is 5.75 Å². The fraction of sp³-hybridized carbons (Fsp3) is 0.222. The average molecular weight is 345 g/mol. The maximum absolute atomic E-state index is 12.0. The van der Waals surface area contributed by atoms with Gasteiger partial charge in [-0.2, -0.15) is 0 Å². The fourth-order valence-corrected chi connectivity index (χ4v) is 2.84. The van der Waals surface area contributed by atoms with Crippen molar-refractivity contribution in [2.45, 2.75) is 13.0 Å². The molecule has 1 saturated heterocycles. The summed E-state index contributed by atoms with van der Waals surface area (Å²) in [5, 5.41) is 0.661. The number of ether oxygens (including phenoxy) is 1. The van der Waals surface area contributed by atoms with Gasteiger partial charge in [0.05, 0.1) is 5.92 Å². The van der Waals surface area contributed by atoms with Crippen molar-refractivity contribution in [3.05, 3.63) is 59.1 Å². The molecule has 2 aromatic carbocycles. The van der Waals surface area contributed by atoms with Crippen LogP contribution in [-0.2, 0) is 16.2 Å². The summed E-state index contributed by atoms with van der Waals surface area (Å²) in [5.41, 5.74) is 6.92. The molecule has 24 heavy (non-hydrogen) atoms. The van der Waals surface area contributed by atoms with Crippen LogP contribution in [0, 0.1) is 5.92 Å². The first-order chi connectivity index (χ1) is 11.5. The van der Waals surface area contributed by atoms with E-state index in [0.29, 0.717) is 23.9 Å². The lowest BCUT2D eigenvalue weighted by Gasteiger charge is -2.17. The van der Waals surface area contributed by atoms with E-state index in [9.17, 15) is 9.59 Å². The van der Waals surface area contributed by atoms with E-state index in [2.05, 4.69) is 0 Å². The Balaban J connectivity index is 1.65. The van der Waals surface area contributed by atoms with E-state index in [-0.39, 0.29) is 12.3 Å². The van der Waals surface area contributed by atoms with Crippen molar-refractivity contribution in [2.75, 3.05) is 11.4 Å². The van der Waals surface area contributed by atoms with Gasteiger partial charge < -0.3 is 15.4 Å². The normalized spacial score (nSPS) is 17.1. The molecule has 0 aliphatic carbocycles. The number of nitrogens with two attached hydrogens (primary N) is 1. The molecule has 0 bridgehead atoms. The molecule has 2 N–H and O–H groups in total. The number of hydrogen-bond donors (Lipinski definition) is 1. The molecule has 6 heteroatoms. The molecule has 1 atom stereocenters. The van der Waals surface area contributed by atoms with Gasteiger partial charge >= 0.3 is 0 Å². The molecule has 0 spiro atoms. The van der Waals surface area contributed by atoms with Gasteiger partial charge in [0.15, 0.2) is 0 Å². The minimum absolute atomic E-state index is 0.0939. The molecule has 0 saturated carbocycles. The molecule has 1 heterocycles. The highest BCUT2D eigenvalue weighted by molar-refractivity contribution is 6.31. The highest BCUT2D eigenvalue weighted by atomic mass is 35.5. The SMILES string of the molecule is NC(=O)[C@H]1CC(=O)N(c2ccc(OCc3ccccc3Cl)cc2)C1. The fourth-order valence-electron chi connectivity index (χ4n) is 2.65. The monoisotopic (exact) mass is 344 g/mol. The lowest BCUT2D eigenvalue weighted by atomic mass is 10.1. The van der Waals surface area contributed by atoms with Crippen LogP contribution in [0.15, 0.2) is 48.5 Å². The Hall–Kier alpha value is -2.53. The first kappa shape index (κ1) is 16.3. The molecule has 0 radical (unpaired) electrons. The number of nitrogens with zero attached hydrogens (tertiary/aromatic N) is 1. The van der Waals surface area contributed by atoms with Gasteiger partial charge in [-0.05, 0) is 30.3 Å². The van der Waals surface area contributed by atoms with E-state index in [4.69, 9.17) is 22.1 Å². The van der Waals surface area contributed by atoms with Crippen LogP contribution in [0.25, 0.3) is 0 Å². The van der Waals surface area contributed by atoms with Crippen LogP contribution in [0.2, 0.25) is 5.02 Å². The van der Waals surface area contributed by atoms with Crippen molar-refractivity contribution in [2.24, 2.45) is 11.7 Å². The molecule has 3 rings (SSSR count). The summed E-state index contributed by atoms with van der Waals surface area (Å²) in [6, 6.07) is 14.7. The topological polar surface area (TPSA) is 72.6 Å². The molecule has 1 aliphatic heterocycles. The van der Waals surface area contributed by atoms with E-state index in [0.717, 1.165) is 11.3 Å². The molecular weight excluding hydrogens is 328 g/mol. The predicted octanol–water partition coefficient (Wildman–Crippen LogP) is 2.76. The van der Waals surface area contributed by atoms with Crippen molar-refractivity contribution >= 4 is 29.1 Å². The van der Waals surface area contributed by atoms with Gasteiger partial charge in [0.2, 0.25) is 11.8 Å². The van der Waals surface area contributed by atoms with Crippen LogP contribution in [0.1, 0.15) is 12.0 Å². The number of rotatable bonds is 5. The number of carbonyl (C=O) groups excluding carboxylic acids is 2. The van der Waals surface area contributed by atoms with Gasteiger partial charge in [0.1, 0.15) is 12.4 Å². The first-order valence-electron chi connectivity index (χ1n) is 7.60. The third-order valence-corrected chi connectivity index (χ3v) is 4.40. The van der Waals surface area contributed by atoms with Crippen LogP contribution in [0.5, 0.6) is 5.75 Å². The number of amides is 2. The predicted molar refractivity (Wildman–Crippen MR) is 91.9 cm³/mol. The van der Waals surface area contributed by atoms with Crippen molar-refractivity contribution in [1.29, 1.82) is 0 Å². The Morgan fingerprint density at radius 1 is 1.21 bits per heavy atom. The maximum Gasteiger partial charge on any atom is 0.227 e. The van der Waals surface area contributed by atoms with Gasteiger partial charge in [-0.15, -0.1) is 0 Å². The van der Waals surface area contributed by atoms with E-state index in [1.54, 1.807) is 29.2 Å². The Kier molecular flexibility index (Phi) is 4.71. The zero-order valence-electron chi connectivity index (χ0n) is 12.9. The lowest BCUT2D eigenvalue weighted by Crippen LogP contribution is -2.28. The van der Waals surface area contributed by atoms with Gasteiger partial charge in [-0.3, -0.25) is 9.59 Å². The molecule has 0 unspecified atom stereocenters. The van der Waals surface area contributed by atoms with E-state index < -0.39 is 11.8 Å². The van der Waals surface area contributed by atoms with Crippen LogP contribution in [-0.4, -0.2) is 18.4 Å². The Morgan fingerprint density at radius 2 is 1.92 bits per heavy atom. The summed E-state index contributed by atoms with van der Waals surface area (Å²) in [6.45, 7) is 0.694. The van der Waals surface area contributed by atoms with Gasteiger partial charge in [0, 0.05) is 29.2 Å². The highest BCUT2D eigenvalue weighted by Crippen LogP contribution is 2.27. The first-order valence-corrected chi connectivity index (χ1v) is 7.98. The van der Waals surface area contributed by atoms with Crippen LogP contribution >= 0.6 is 11.6 Å². The van der Waals surface area contributed by atoms with E-state index >= 15 is 0 Å². The molecule has 1 aliphatic rings. The van der Waals surface area contributed by atoms with Gasteiger partial charge in [-0.25, -0.2) is 0 Å². The van der Waals surface area contributed by atoms with Crippen LogP contribution in [0.4, 0.5) is 5.69 Å². The highest BCUT2D eigenvalue weighted by Gasteiger charge is 2.33. The van der Waals surface area contributed by atoms with Crippen LogP contribution < -0.4 is 15.4 Å². The quantitative estimate of drug-likeness (QED) is 0.906. The number of benzene rings is 2. The smallest absolute Gasteiger partial charge is 0.227 e. The largest absolute Gasteiger partial charge is 0.489 e. The second-order valence-electron chi connectivity index (χ2n) is 5.68. The number of halogens is 1. The van der Waals surface area contributed by atoms with Gasteiger partial charge in [-0.1, -0.05) is 29.8 Å². The Morgan fingerprint density at radius 3 is 2.54 bits per heavy atom. The Labute approximate surface area is 145 Å². The standard InChI is InChI=1S/C18H17ClN2O3/c19-16-4-2-1-3-12(16)11-24-15-7-5-14(6-8-15)21-10-13(18(20)23)9-17(21)22/h1-8,13H,9-11H2,(H2,20,23)/t13-/m0/s1.